The van der Waals surface area contributed by atoms with E-state index < -0.39 is 0 Å². The zero-order valence-corrected chi connectivity index (χ0v) is 17.8. The smallest absolute Gasteiger partial charge is 0.253 e. The van der Waals surface area contributed by atoms with Gasteiger partial charge >= 0.3 is 0 Å². The van der Waals surface area contributed by atoms with Gasteiger partial charge in [-0.25, -0.2) is 5.01 Å². The molecule has 0 saturated carbocycles. The fraction of sp³-hybridized carbons (Fsp3) is 0.143. The number of hydrogen-bond donors (Lipinski definition) is 1. The number of rotatable bonds is 7. The molecule has 10 heteroatoms. The molecule has 1 atom stereocenters. The van der Waals surface area contributed by atoms with Gasteiger partial charge in [0, 0.05) is 12.1 Å². The van der Waals surface area contributed by atoms with Crippen LogP contribution in [-0.4, -0.2) is 32.6 Å². The molecule has 0 spiro atoms. The van der Waals surface area contributed by atoms with Gasteiger partial charge in [-0.1, -0.05) is 41.3 Å². The Morgan fingerprint density at radius 1 is 1.10 bits per heavy atom. The van der Waals surface area contributed by atoms with Crippen molar-refractivity contribution in [2.75, 3.05) is 11.1 Å². The number of hydrogen-bond acceptors (Lipinski definition) is 9. The Hall–Kier alpha value is -3.37. The Balaban J connectivity index is 1.26. The van der Waals surface area contributed by atoms with Crippen LogP contribution in [0.4, 0.5) is 10.8 Å². The molecule has 156 valence electrons. The first-order valence-electron chi connectivity index (χ1n) is 9.51. The second-order valence-electron chi connectivity index (χ2n) is 6.65. The Morgan fingerprint density at radius 2 is 1.94 bits per heavy atom. The molecule has 31 heavy (non-hydrogen) atoms. The number of aromatic nitrogens is 2. The molecule has 1 aliphatic rings. The van der Waals surface area contributed by atoms with Gasteiger partial charge in [-0.05, 0) is 36.4 Å². The van der Waals surface area contributed by atoms with E-state index in [-0.39, 0.29) is 17.7 Å². The highest BCUT2D eigenvalue weighted by molar-refractivity contribution is 8.01. The number of carbonyl (C=O) groups excluding carboxylic acids is 1. The molecule has 0 bridgehead atoms. The summed E-state index contributed by atoms with van der Waals surface area (Å²) in [4.78, 5) is 13.0. The molecule has 3 aromatic heterocycles. The fourth-order valence-corrected chi connectivity index (χ4v) is 4.81. The summed E-state index contributed by atoms with van der Waals surface area (Å²) >= 11 is 2.73. The molecule has 0 radical (unpaired) electrons. The van der Waals surface area contributed by atoms with Gasteiger partial charge in [0.15, 0.2) is 4.34 Å². The molecular formula is C21H17N5O3S2. The normalized spacial score (nSPS) is 15.8. The summed E-state index contributed by atoms with van der Waals surface area (Å²) in [7, 11) is 0. The van der Waals surface area contributed by atoms with E-state index in [0.717, 1.165) is 11.4 Å². The Kier molecular flexibility index (Phi) is 5.55. The van der Waals surface area contributed by atoms with E-state index in [1.54, 1.807) is 24.7 Å². The number of amides is 1. The maximum Gasteiger partial charge on any atom is 0.253 e. The summed E-state index contributed by atoms with van der Waals surface area (Å²) in [6.45, 7) is 0. The lowest BCUT2D eigenvalue weighted by Crippen LogP contribution is -2.28. The van der Waals surface area contributed by atoms with Crippen LogP contribution < -0.4 is 5.32 Å². The van der Waals surface area contributed by atoms with E-state index in [1.807, 2.05) is 42.5 Å². The first-order chi connectivity index (χ1) is 15.3. The molecule has 4 heterocycles. The van der Waals surface area contributed by atoms with Gasteiger partial charge in [0.05, 0.1) is 18.3 Å². The highest BCUT2D eigenvalue weighted by atomic mass is 32.2. The average Bonchev–Trinajstić information content (AvgIpc) is 3.59. The maximum atomic E-state index is 13.0. The minimum Gasteiger partial charge on any atom is -0.467 e. The summed E-state index contributed by atoms with van der Waals surface area (Å²) in [5.74, 6) is 1.39. The highest BCUT2D eigenvalue weighted by Gasteiger charge is 2.35. The van der Waals surface area contributed by atoms with Crippen LogP contribution in [0.3, 0.4) is 0 Å². The number of nitrogens with one attached hydrogen (secondary N) is 1. The fourth-order valence-electron chi connectivity index (χ4n) is 3.19. The summed E-state index contributed by atoms with van der Waals surface area (Å²) in [5.41, 5.74) is 1.65. The molecule has 8 nitrogen and oxygen atoms in total. The van der Waals surface area contributed by atoms with Crippen molar-refractivity contribution >= 4 is 45.5 Å². The molecular weight excluding hydrogens is 434 g/mol. The number of nitrogens with zero attached hydrogens (tertiary/aromatic N) is 4. The van der Waals surface area contributed by atoms with Crippen molar-refractivity contribution in [2.24, 2.45) is 5.10 Å². The minimum atomic E-state index is -0.298. The van der Waals surface area contributed by atoms with Gasteiger partial charge in [-0.2, -0.15) is 5.10 Å². The number of benzene rings is 1. The quantitative estimate of drug-likeness (QED) is 0.398. The van der Waals surface area contributed by atoms with Gasteiger partial charge in [0.25, 0.3) is 5.91 Å². The first kappa shape index (κ1) is 19.6. The molecule has 1 unspecified atom stereocenters. The molecule has 0 saturated heterocycles. The van der Waals surface area contributed by atoms with Gasteiger partial charge in [-0.3, -0.25) is 4.79 Å². The largest absolute Gasteiger partial charge is 0.467 e. The monoisotopic (exact) mass is 451 g/mol. The Bertz CT molecular complexity index is 1170. The second-order valence-corrected chi connectivity index (χ2v) is 8.85. The third-order valence-corrected chi connectivity index (χ3v) is 6.55. The van der Waals surface area contributed by atoms with Crippen LogP contribution in [0.25, 0.3) is 0 Å². The maximum absolute atomic E-state index is 13.0. The van der Waals surface area contributed by atoms with E-state index in [1.165, 1.54) is 28.1 Å². The van der Waals surface area contributed by atoms with Crippen molar-refractivity contribution < 1.29 is 13.6 Å². The van der Waals surface area contributed by atoms with Crippen molar-refractivity contribution in [1.29, 1.82) is 0 Å². The second kappa shape index (κ2) is 8.78. The molecule has 1 N–H and O–H groups in total. The third kappa shape index (κ3) is 4.39. The van der Waals surface area contributed by atoms with Crippen LogP contribution in [0.5, 0.6) is 0 Å². The topological polar surface area (TPSA) is 96.8 Å². The Labute approximate surface area is 186 Å². The highest BCUT2D eigenvalue weighted by Crippen LogP contribution is 2.34. The van der Waals surface area contributed by atoms with E-state index in [9.17, 15) is 4.79 Å². The Morgan fingerprint density at radius 3 is 2.71 bits per heavy atom. The summed E-state index contributed by atoms with van der Waals surface area (Å²) in [5, 5.41) is 18.2. The first-order valence-corrected chi connectivity index (χ1v) is 11.3. The number of anilines is 2. The zero-order chi connectivity index (χ0) is 21.0. The van der Waals surface area contributed by atoms with Gasteiger partial charge in [0.1, 0.15) is 23.3 Å². The van der Waals surface area contributed by atoms with Crippen LogP contribution in [0.1, 0.15) is 24.0 Å². The van der Waals surface area contributed by atoms with Crippen LogP contribution in [0, 0.1) is 0 Å². The van der Waals surface area contributed by atoms with E-state index >= 15 is 0 Å². The summed E-state index contributed by atoms with van der Waals surface area (Å²) in [6.07, 6.45) is 3.72. The zero-order valence-electron chi connectivity index (χ0n) is 16.2. The van der Waals surface area contributed by atoms with Gasteiger partial charge in [0.2, 0.25) is 5.13 Å². The molecule has 4 aromatic rings. The van der Waals surface area contributed by atoms with Crippen molar-refractivity contribution in [2.45, 2.75) is 16.8 Å². The van der Waals surface area contributed by atoms with Crippen LogP contribution in [-0.2, 0) is 4.79 Å². The number of carbonyl (C=O) groups is 1. The standard InChI is InChI=1S/C21H17N5O3S2/c27-19(13-30-21-24-23-20(31-21)22-14-6-2-1-3-7-14)26-16(18-9-5-11-29-18)12-15(25-26)17-8-4-10-28-17/h1-11,16H,12-13H2,(H,22,23). The molecule has 0 aliphatic carbocycles. The van der Waals surface area contributed by atoms with Crippen molar-refractivity contribution in [1.82, 2.24) is 15.2 Å². The number of thioether (sulfide) groups is 1. The lowest BCUT2D eigenvalue weighted by atomic mass is 10.1. The van der Waals surface area contributed by atoms with Crippen LogP contribution in [0.2, 0.25) is 0 Å². The predicted molar refractivity (Wildman–Crippen MR) is 119 cm³/mol. The number of para-hydroxylation sites is 1. The van der Waals surface area contributed by atoms with E-state index in [4.69, 9.17) is 8.83 Å². The lowest BCUT2D eigenvalue weighted by molar-refractivity contribution is -0.130. The minimum absolute atomic E-state index is 0.138. The number of hydrazone groups is 1. The van der Waals surface area contributed by atoms with Crippen LogP contribution in [0.15, 0.2) is 85.4 Å². The number of furan rings is 2. The lowest BCUT2D eigenvalue weighted by Gasteiger charge is -2.19. The van der Waals surface area contributed by atoms with Gasteiger partial charge < -0.3 is 14.2 Å². The van der Waals surface area contributed by atoms with E-state index in [2.05, 4.69) is 20.6 Å². The van der Waals surface area contributed by atoms with Crippen LogP contribution >= 0.6 is 23.1 Å². The molecule has 0 fully saturated rings. The predicted octanol–water partition coefficient (Wildman–Crippen LogP) is 4.94. The molecule has 1 aromatic carbocycles. The third-order valence-electron chi connectivity index (χ3n) is 4.59. The summed E-state index contributed by atoms with van der Waals surface area (Å²) in [6, 6.07) is 16.7. The summed E-state index contributed by atoms with van der Waals surface area (Å²) < 4.78 is 11.7. The average molecular weight is 452 g/mol. The van der Waals surface area contributed by atoms with Gasteiger partial charge in [-0.15, -0.1) is 10.2 Å². The van der Waals surface area contributed by atoms with Crippen molar-refractivity contribution in [3.8, 4) is 0 Å². The van der Waals surface area contributed by atoms with Crippen molar-refractivity contribution in [3.63, 3.8) is 0 Å². The molecule has 5 rings (SSSR count). The van der Waals surface area contributed by atoms with Crippen molar-refractivity contribution in [3.05, 3.63) is 78.6 Å². The van der Waals surface area contributed by atoms with E-state index in [0.29, 0.717) is 27.4 Å². The molecule has 1 aliphatic heterocycles. The SMILES string of the molecule is O=C(CSc1nnc(Nc2ccccc2)s1)N1N=C(c2ccco2)CC1c1ccco1. The molecule has 1 amide bonds.